The Balaban J connectivity index is 1.72. The quantitative estimate of drug-likeness (QED) is 0.616. The van der Waals surface area contributed by atoms with Crippen LogP contribution in [0.4, 0.5) is 5.69 Å². The first kappa shape index (κ1) is 20.1. The number of para-hydroxylation sites is 1. The van der Waals surface area contributed by atoms with Gasteiger partial charge >= 0.3 is 0 Å². The van der Waals surface area contributed by atoms with E-state index in [0.29, 0.717) is 22.0 Å². The van der Waals surface area contributed by atoms with E-state index in [1.807, 2.05) is 30.3 Å². The van der Waals surface area contributed by atoms with Gasteiger partial charge in [0.25, 0.3) is 5.91 Å². The van der Waals surface area contributed by atoms with Gasteiger partial charge in [-0.15, -0.1) is 0 Å². The fourth-order valence-electron chi connectivity index (χ4n) is 2.73. The van der Waals surface area contributed by atoms with E-state index in [4.69, 9.17) is 11.6 Å². The SMILES string of the molecule is Cc1c(C(=O)N(C)CC(=O)Nc2ccccc2Br)cnn1-c1cccc(Cl)c1. The molecular formula is C20H18BrClN4O2. The average Bonchev–Trinajstić information content (AvgIpc) is 3.04. The van der Waals surface area contributed by atoms with Crippen LogP contribution in [-0.2, 0) is 4.79 Å². The molecule has 0 saturated heterocycles. The second-order valence-corrected chi connectivity index (χ2v) is 7.52. The van der Waals surface area contributed by atoms with Crippen molar-refractivity contribution in [1.82, 2.24) is 14.7 Å². The summed E-state index contributed by atoms with van der Waals surface area (Å²) in [5.74, 6) is -0.573. The highest BCUT2D eigenvalue weighted by atomic mass is 79.9. The number of carbonyl (C=O) groups is 2. The zero-order valence-electron chi connectivity index (χ0n) is 15.3. The summed E-state index contributed by atoms with van der Waals surface area (Å²) in [4.78, 5) is 26.4. The van der Waals surface area contributed by atoms with Gasteiger partial charge < -0.3 is 10.2 Å². The summed E-state index contributed by atoms with van der Waals surface area (Å²) in [6, 6.07) is 14.5. The summed E-state index contributed by atoms with van der Waals surface area (Å²) < 4.78 is 2.42. The molecule has 0 aliphatic rings. The molecule has 0 atom stereocenters. The second kappa shape index (κ2) is 8.58. The molecule has 28 heavy (non-hydrogen) atoms. The van der Waals surface area contributed by atoms with Crippen LogP contribution in [0.15, 0.2) is 59.2 Å². The molecule has 0 bridgehead atoms. The van der Waals surface area contributed by atoms with Gasteiger partial charge in [0.15, 0.2) is 0 Å². The Hall–Kier alpha value is -2.64. The maximum atomic E-state index is 12.8. The summed E-state index contributed by atoms with van der Waals surface area (Å²) in [6.07, 6.45) is 1.50. The Labute approximate surface area is 176 Å². The predicted molar refractivity (Wildman–Crippen MR) is 113 cm³/mol. The van der Waals surface area contributed by atoms with Crippen LogP contribution in [-0.4, -0.2) is 40.1 Å². The molecule has 0 fully saturated rings. The first-order chi connectivity index (χ1) is 13.4. The van der Waals surface area contributed by atoms with Crippen LogP contribution in [0.25, 0.3) is 5.69 Å². The molecule has 8 heteroatoms. The molecule has 3 aromatic rings. The maximum absolute atomic E-state index is 12.8. The highest BCUT2D eigenvalue weighted by Gasteiger charge is 2.20. The van der Waals surface area contributed by atoms with E-state index in [2.05, 4.69) is 26.3 Å². The minimum absolute atomic E-state index is 0.0814. The number of nitrogens with zero attached hydrogens (tertiary/aromatic N) is 3. The van der Waals surface area contributed by atoms with Crippen molar-refractivity contribution >= 4 is 45.0 Å². The van der Waals surface area contributed by atoms with Crippen molar-refractivity contribution in [3.05, 3.63) is 75.5 Å². The van der Waals surface area contributed by atoms with Crippen molar-refractivity contribution in [2.75, 3.05) is 18.9 Å². The van der Waals surface area contributed by atoms with Crippen LogP contribution < -0.4 is 5.32 Å². The highest BCUT2D eigenvalue weighted by molar-refractivity contribution is 9.10. The van der Waals surface area contributed by atoms with Crippen molar-refractivity contribution in [3.63, 3.8) is 0 Å². The standard InChI is InChI=1S/C20H18BrClN4O2/c1-13-16(11-23-26(13)15-7-5-6-14(22)10-15)20(28)25(2)12-19(27)24-18-9-4-3-8-17(18)21/h3-11H,12H2,1-2H3,(H,24,27). The molecule has 1 heterocycles. The Bertz CT molecular complexity index is 1030. The van der Waals surface area contributed by atoms with Crippen LogP contribution in [0.1, 0.15) is 16.1 Å². The summed E-state index contributed by atoms with van der Waals surface area (Å²) in [5, 5.41) is 7.66. The Kier molecular flexibility index (Phi) is 6.16. The minimum atomic E-state index is -0.289. The lowest BCUT2D eigenvalue weighted by atomic mass is 10.2. The lowest BCUT2D eigenvalue weighted by Crippen LogP contribution is -2.35. The van der Waals surface area contributed by atoms with Crippen LogP contribution in [0.3, 0.4) is 0 Å². The summed E-state index contributed by atoms with van der Waals surface area (Å²) in [7, 11) is 1.58. The molecule has 0 radical (unpaired) electrons. The van der Waals surface area contributed by atoms with E-state index in [1.165, 1.54) is 11.1 Å². The van der Waals surface area contributed by atoms with Gasteiger partial charge in [-0.05, 0) is 53.2 Å². The van der Waals surface area contributed by atoms with Crippen LogP contribution in [0.5, 0.6) is 0 Å². The number of anilines is 1. The van der Waals surface area contributed by atoms with E-state index in [1.54, 1.807) is 36.9 Å². The number of hydrogen-bond donors (Lipinski definition) is 1. The van der Waals surface area contributed by atoms with Gasteiger partial charge in [-0.25, -0.2) is 4.68 Å². The van der Waals surface area contributed by atoms with E-state index >= 15 is 0 Å². The van der Waals surface area contributed by atoms with Crippen LogP contribution >= 0.6 is 27.5 Å². The first-order valence-electron chi connectivity index (χ1n) is 8.47. The number of halogens is 2. The third-order valence-electron chi connectivity index (χ3n) is 4.17. The first-order valence-corrected chi connectivity index (χ1v) is 9.64. The van der Waals surface area contributed by atoms with Gasteiger partial charge in [0.05, 0.1) is 35.4 Å². The van der Waals surface area contributed by atoms with Crippen LogP contribution in [0, 0.1) is 6.92 Å². The number of aromatic nitrogens is 2. The van der Waals surface area contributed by atoms with Crippen molar-refractivity contribution in [1.29, 1.82) is 0 Å². The third-order valence-corrected chi connectivity index (χ3v) is 5.09. The molecule has 0 unspecified atom stereocenters. The molecule has 3 rings (SSSR count). The largest absolute Gasteiger partial charge is 0.332 e. The highest BCUT2D eigenvalue weighted by Crippen LogP contribution is 2.21. The normalized spacial score (nSPS) is 10.6. The molecule has 2 amide bonds. The fourth-order valence-corrected chi connectivity index (χ4v) is 3.30. The number of nitrogens with one attached hydrogen (secondary N) is 1. The van der Waals surface area contributed by atoms with E-state index in [0.717, 1.165) is 10.2 Å². The molecule has 0 aliphatic heterocycles. The van der Waals surface area contributed by atoms with Crippen molar-refractivity contribution in [2.24, 2.45) is 0 Å². The molecule has 144 valence electrons. The number of carbonyl (C=O) groups excluding carboxylic acids is 2. The van der Waals surface area contributed by atoms with Crippen molar-refractivity contribution in [3.8, 4) is 5.69 Å². The Morgan fingerprint density at radius 2 is 1.96 bits per heavy atom. The Morgan fingerprint density at radius 3 is 2.68 bits per heavy atom. The molecular weight excluding hydrogens is 444 g/mol. The third kappa shape index (κ3) is 4.43. The van der Waals surface area contributed by atoms with Gasteiger partial charge in [0.2, 0.25) is 5.91 Å². The zero-order chi connectivity index (χ0) is 20.3. The van der Waals surface area contributed by atoms with E-state index in [9.17, 15) is 9.59 Å². The smallest absolute Gasteiger partial charge is 0.257 e. The molecule has 0 saturated carbocycles. The second-order valence-electron chi connectivity index (χ2n) is 6.22. The number of benzene rings is 2. The van der Waals surface area contributed by atoms with E-state index in [-0.39, 0.29) is 18.4 Å². The molecule has 6 nitrogen and oxygen atoms in total. The molecule has 2 aromatic carbocycles. The molecule has 0 aliphatic carbocycles. The Morgan fingerprint density at radius 1 is 1.21 bits per heavy atom. The summed E-state index contributed by atoms with van der Waals surface area (Å²) >= 11 is 9.42. The number of hydrogen-bond acceptors (Lipinski definition) is 3. The summed E-state index contributed by atoms with van der Waals surface area (Å²) in [5.41, 5.74) is 2.51. The van der Waals surface area contributed by atoms with Gasteiger partial charge in [-0.3, -0.25) is 9.59 Å². The number of amides is 2. The van der Waals surface area contributed by atoms with Gasteiger partial charge in [0.1, 0.15) is 0 Å². The molecule has 1 N–H and O–H groups in total. The summed E-state index contributed by atoms with van der Waals surface area (Å²) in [6.45, 7) is 1.72. The van der Waals surface area contributed by atoms with Gasteiger partial charge in [-0.1, -0.05) is 29.8 Å². The average molecular weight is 462 g/mol. The van der Waals surface area contributed by atoms with Crippen molar-refractivity contribution in [2.45, 2.75) is 6.92 Å². The fraction of sp³-hybridized carbons (Fsp3) is 0.150. The lowest BCUT2D eigenvalue weighted by Gasteiger charge is -2.17. The lowest BCUT2D eigenvalue weighted by molar-refractivity contribution is -0.116. The van der Waals surface area contributed by atoms with Gasteiger partial charge in [0, 0.05) is 16.5 Å². The predicted octanol–water partition coefficient (Wildman–Crippen LogP) is 4.31. The zero-order valence-corrected chi connectivity index (χ0v) is 17.7. The topological polar surface area (TPSA) is 67.2 Å². The van der Waals surface area contributed by atoms with E-state index < -0.39 is 0 Å². The van der Waals surface area contributed by atoms with Crippen LogP contribution in [0.2, 0.25) is 5.02 Å². The molecule has 0 spiro atoms. The molecule has 1 aromatic heterocycles. The van der Waals surface area contributed by atoms with Crippen molar-refractivity contribution < 1.29 is 9.59 Å². The number of rotatable bonds is 5. The number of likely N-dealkylation sites (N-methyl/N-ethyl adjacent to an activating group) is 1. The van der Waals surface area contributed by atoms with Gasteiger partial charge in [-0.2, -0.15) is 5.10 Å². The monoisotopic (exact) mass is 460 g/mol. The maximum Gasteiger partial charge on any atom is 0.257 e. The minimum Gasteiger partial charge on any atom is -0.332 e.